The smallest absolute Gasteiger partial charge is 0.251 e. The minimum absolute atomic E-state index is 0.0440. The zero-order chi connectivity index (χ0) is 24.0. The monoisotopic (exact) mass is 449 g/mol. The number of carbonyl (C=O) groups excluding carboxylic acids is 2. The number of phenolic OH excluding ortho intramolecular Hbond substituents is 2. The molecule has 0 saturated heterocycles. The number of carbonyl (C=O) groups is 2. The summed E-state index contributed by atoms with van der Waals surface area (Å²) in [6.07, 6.45) is 3.93. The predicted octanol–water partition coefficient (Wildman–Crippen LogP) is 5.57. The quantitative estimate of drug-likeness (QED) is 0.533. The van der Waals surface area contributed by atoms with Gasteiger partial charge in [0.05, 0.1) is 0 Å². The molecular weight excluding hydrogens is 414 g/mol. The van der Waals surface area contributed by atoms with Gasteiger partial charge in [0.2, 0.25) is 0 Å². The molecule has 176 valence electrons. The minimum atomic E-state index is -0.335. The highest BCUT2D eigenvalue weighted by atomic mass is 16.3. The maximum absolute atomic E-state index is 14.0. The van der Waals surface area contributed by atoms with Crippen LogP contribution in [0.15, 0.2) is 48.5 Å². The van der Waals surface area contributed by atoms with Crippen LogP contribution in [0.1, 0.15) is 74.1 Å². The van der Waals surface area contributed by atoms with Gasteiger partial charge in [-0.15, -0.1) is 0 Å². The molecule has 1 amide bonds. The zero-order valence-electron chi connectivity index (χ0n) is 20.0. The van der Waals surface area contributed by atoms with Gasteiger partial charge < -0.3 is 15.5 Å². The Labute approximate surface area is 196 Å². The van der Waals surface area contributed by atoms with Gasteiger partial charge in [0, 0.05) is 29.2 Å². The molecular formula is C28H35NO4. The third-order valence-electron chi connectivity index (χ3n) is 8.46. The number of fused-ring (bicyclic) bond motifs is 1. The van der Waals surface area contributed by atoms with Gasteiger partial charge in [0.1, 0.15) is 11.5 Å². The summed E-state index contributed by atoms with van der Waals surface area (Å²) in [5.41, 5.74) is 0.750. The zero-order valence-corrected chi connectivity index (χ0v) is 20.0. The molecule has 2 aromatic rings. The van der Waals surface area contributed by atoms with Gasteiger partial charge in [-0.3, -0.25) is 9.59 Å². The lowest BCUT2D eigenvalue weighted by Gasteiger charge is -2.60. The van der Waals surface area contributed by atoms with Crippen molar-refractivity contribution in [2.75, 3.05) is 0 Å². The number of hydrogen-bond acceptors (Lipinski definition) is 4. The molecule has 0 aliphatic heterocycles. The van der Waals surface area contributed by atoms with E-state index in [2.05, 4.69) is 33.0 Å². The van der Waals surface area contributed by atoms with Crippen LogP contribution in [-0.4, -0.2) is 27.9 Å². The Hall–Kier alpha value is -2.82. The number of benzene rings is 2. The molecule has 5 atom stereocenters. The summed E-state index contributed by atoms with van der Waals surface area (Å²) in [5, 5.41) is 23.3. The third kappa shape index (κ3) is 4.25. The van der Waals surface area contributed by atoms with E-state index in [0.717, 1.165) is 25.7 Å². The highest BCUT2D eigenvalue weighted by Crippen LogP contribution is 2.61. The Morgan fingerprint density at radius 2 is 1.58 bits per heavy atom. The van der Waals surface area contributed by atoms with Gasteiger partial charge in [-0.25, -0.2) is 0 Å². The Kier molecular flexibility index (Phi) is 6.02. The van der Waals surface area contributed by atoms with Crippen molar-refractivity contribution in [3.05, 3.63) is 59.7 Å². The Morgan fingerprint density at radius 3 is 2.21 bits per heavy atom. The molecule has 4 rings (SSSR count). The average molecular weight is 450 g/mol. The van der Waals surface area contributed by atoms with E-state index in [0.29, 0.717) is 11.1 Å². The average Bonchev–Trinajstić information content (AvgIpc) is 2.74. The molecule has 5 nitrogen and oxygen atoms in total. The molecule has 3 N–H and O–H groups in total. The maximum Gasteiger partial charge on any atom is 0.251 e. The fourth-order valence-corrected chi connectivity index (χ4v) is 6.91. The largest absolute Gasteiger partial charge is 0.508 e. The summed E-state index contributed by atoms with van der Waals surface area (Å²) in [6.45, 7) is 8.85. The molecule has 0 aromatic heterocycles. The van der Waals surface area contributed by atoms with Crippen molar-refractivity contribution in [3.8, 4) is 11.5 Å². The second-order valence-corrected chi connectivity index (χ2v) is 11.0. The molecule has 0 spiro atoms. The summed E-state index contributed by atoms with van der Waals surface area (Å²) in [4.78, 5) is 27.0. The molecule has 5 heteroatoms. The van der Waals surface area contributed by atoms with E-state index in [1.54, 1.807) is 12.1 Å². The van der Waals surface area contributed by atoms with Crippen LogP contribution < -0.4 is 5.32 Å². The van der Waals surface area contributed by atoms with E-state index in [9.17, 15) is 19.8 Å². The fourth-order valence-electron chi connectivity index (χ4n) is 6.91. The van der Waals surface area contributed by atoms with Gasteiger partial charge in [-0.2, -0.15) is 0 Å². The first-order valence-corrected chi connectivity index (χ1v) is 12.0. The number of Topliss-reactive ketones (excluding diaryl/α,β-unsaturated/α-hetero) is 1. The lowest BCUT2D eigenvalue weighted by Crippen LogP contribution is -2.60. The van der Waals surface area contributed by atoms with E-state index in [1.165, 1.54) is 18.2 Å². The van der Waals surface area contributed by atoms with Gasteiger partial charge in [0.15, 0.2) is 5.78 Å². The molecule has 2 aliphatic carbocycles. The summed E-state index contributed by atoms with van der Waals surface area (Å²) >= 11 is 0. The SMILES string of the molecule is C[C@@H]1[C@H](NC(=O)c2ccccc2)C[C@H]2C(C)(C)CCC[C@]2(C)[C@H]1C(=O)c1cc(O)cc(O)c1. The third-order valence-corrected chi connectivity index (χ3v) is 8.46. The van der Waals surface area contributed by atoms with E-state index in [1.807, 2.05) is 18.2 Å². The van der Waals surface area contributed by atoms with Crippen LogP contribution >= 0.6 is 0 Å². The van der Waals surface area contributed by atoms with Gasteiger partial charge in [0.25, 0.3) is 5.91 Å². The van der Waals surface area contributed by atoms with Crippen LogP contribution in [0, 0.1) is 28.6 Å². The summed E-state index contributed by atoms with van der Waals surface area (Å²) < 4.78 is 0. The van der Waals surface area contributed by atoms with Gasteiger partial charge >= 0.3 is 0 Å². The van der Waals surface area contributed by atoms with Crippen molar-refractivity contribution in [3.63, 3.8) is 0 Å². The number of amides is 1. The molecule has 2 saturated carbocycles. The van der Waals surface area contributed by atoms with Crippen molar-refractivity contribution in [2.24, 2.45) is 28.6 Å². The van der Waals surface area contributed by atoms with Crippen LogP contribution in [-0.2, 0) is 0 Å². The Bertz CT molecular complexity index is 1030. The minimum Gasteiger partial charge on any atom is -0.508 e. The topological polar surface area (TPSA) is 86.6 Å². The van der Waals surface area contributed by atoms with Crippen LogP contribution in [0.5, 0.6) is 11.5 Å². The van der Waals surface area contributed by atoms with Crippen molar-refractivity contribution >= 4 is 11.7 Å². The summed E-state index contributed by atoms with van der Waals surface area (Å²) in [6, 6.07) is 13.1. The van der Waals surface area contributed by atoms with Crippen LogP contribution in [0.4, 0.5) is 0 Å². The van der Waals surface area contributed by atoms with Gasteiger partial charge in [-0.1, -0.05) is 52.3 Å². The molecule has 33 heavy (non-hydrogen) atoms. The number of rotatable bonds is 4. The standard InChI is InChI=1S/C28H35NO4/c1-17-22(29-26(33)18-9-6-5-7-10-18)16-23-27(2,3)11-8-12-28(23,4)24(17)25(32)19-13-20(30)15-21(31)14-19/h5-7,9-10,13-15,17,22-24,30-31H,8,11-12,16H2,1-4H3,(H,29,33)/t17-,22-,23+,24-,28+/m1/s1. The lowest BCUT2D eigenvalue weighted by molar-refractivity contribution is -0.0902. The molecule has 0 bridgehead atoms. The van der Waals surface area contributed by atoms with Crippen molar-refractivity contribution in [1.82, 2.24) is 5.32 Å². The van der Waals surface area contributed by atoms with Crippen molar-refractivity contribution in [2.45, 2.75) is 59.4 Å². The highest BCUT2D eigenvalue weighted by Gasteiger charge is 2.58. The van der Waals surface area contributed by atoms with Crippen molar-refractivity contribution < 1.29 is 19.8 Å². The number of nitrogens with one attached hydrogen (secondary N) is 1. The second kappa shape index (κ2) is 8.51. The number of ketones is 1. The first kappa shape index (κ1) is 23.3. The lowest BCUT2D eigenvalue weighted by atomic mass is 9.45. The van der Waals surface area contributed by atoms with Crippen molar-refractivity contribution in [1.29, 1.82) is 0 Å². The van der Waals surface area contributed by atoms with Crippen LogP contribution in [0.3, 0.4) is 0 Å². The normalized spacial score (nSPS) is 30.8. The highest BCUT2D eigenvalue weighted by molar-refractivity contribution is 5.99. The first-order valence-electron chi connectivity index (χ1n) is 12.0. The predicted molar refractivity (Wildman–Crippen MR) is 128 cm³/mol. The Balaban J connectivity index is 1.73. The molecule has 0 radical (unpaired) electrons. The molecule has 2 aromatic carbocycles. The molecule has 2 fully saturated rings. The Morgan fingerprint density at radius 1 is 0.939 bits per heavy atom. The first-order chi connectivity index (χ1) is 15.5. The molecule has 2 aliphatic rings. The number of aromatic hydroxyl groups is 2. The molecule has 0 heterocycles. The molecule has 0 unspecified atom stereocenters. The van der Waals surface area contributed by atoms with Gasteiger partial charge in [-0.05, 0) is 66.2 Å². The second-order valence-electron chi connectivity index (χ2n) is 11.0. The van der Waals surface area contributed by atoms with E-state index >= 15 is 0 Å². The van der Waals surface area contributed by atoms with E-state index in [4.69, 9.17) is 0 Å². The van der Waals surface area contributed by atoms with Crippen LogP contribution in [0.25, 0.3) is 0 Å². The number of phenols is 2. The summed E-state index contributed by atoms with van der Waals surface area (Å²) in [7, 11) is 0. The number of hydrogen-bond donors (Lipinski definition) is 3. The van der Waals surface area contributed by atoms with E-state index in [-0.39, 0.29) is 57.8 Å². The maximum atomic E-state index is 14.0. The summed E-state index contributed by atoms with van der Waals surface area (Å²) in [5.74, 6) is -0.606. The van der Waals surface area contributed by atoms with Crippen LogP contribution in [0.2, 0.25) is 0 Å². The fraction of sp³-hybridized carbons (Fsp3) is 0.500. The van der Waals surface area contributed by atoms with E-state index < -0.39 is 0 Å².